The fourth-order valence-electron chi connectivity index (χ4n) is 4.75. The normalized spacial score (nSPS) is 19.2. The molecule has 1 fully saturated rings. The van der Waals surface area contributed by atoms with Crippen LogP contribution < -0.4 is 20.7 Å². The molecule has 6 nitrogen and oxygen atoms in total. The number of rotatable bonds is 6. The number of para-hydroxylation sites is 1. The van der Waals surface area contributed by atoms with Gasteiger partial charge >= 0.3 is 0 Å². The van der Waals surface area contributed by atoms with Crippen molar-refractivity contribution in [2.45, 2.75) is 64.1 Å². The minimum absolute atomic E-state index is 0.0448. The maximum absolute atomic E-state index is 12.0. The number of carbonyl (C=O) groups is 1. The van der Waals surface area contributed by atoms with E-state index in [1.807, 2.05) is 37.3 Å². The van der Waals surface area contributed by atoms with Gasteiger partial charge in [-0.2, -0.15) is 0 Å². The topological polar surface area (TPSA) is 74.8 Å². The number of fused-ring (bicyclic) bond motifs is 1. The molecule has 2 aliphatic rings. The number of ether oxygens (including phenoxy) is 1. The molecule has 1 spiro atoms. The third kappa shape index (κ3) is 5.06. The van der Waals surface area contributed by atoms with Crippen molar-refractivity contribution in [1.82, 2.24) is 16.0 Å². The molecule has 170 valence electrons. The lowest BCUT2D eigenvalue weighted by Gasteiger charge is -2.40. The fraction of sp³-hybridized carbons (Fsp3) is 0.462. The molecular formula is C26H34N4O2. The number of benzene rings is 2. The zero-order chi connectivity index (χ0) is 22.4. The maximum Gasteiger partial charge on any atom is 0.251 e. The van der Waals surface area contributed by atoms with Gasteiger partial charge in [0.25, 0.3) is 5.91 Å². The molecule has 0 saturated heterocycles. The van der Waals surface area contributed by atoms with E-state index in [0.717, 1.165) is 43.1 Å². The minimum Gasteiger partial charge on any atom is -0.487 e. The van der Waals surface area contributed by atoms with Gasteiger partial charge in [-0.3, -0.25) is 4.79 Å². The Hall–Kier alpha value is -3.02. The Balaban J connectivity index is 1.49. The molecule has 32 heavy (non-hydrogen) atoms. The second kappa shape index (κ2) is 10.1. The summed E-state index contributed by atoms with van der Waals surface area (Å²) in [5.74, 6) is 1.75. The first-order valence-electron chi connectivity index (χ1n) is 11.8. The second-order valence-electron chi connectivity index (χ2n) is 8.68. The van der Waals surface area contributed by atoms with Gasteiger partial charge in [-0.15, -0.1) is 0 Å². The molecule has 0 radical (unpaired) electrons. The SMILES string of the molecule is CCNC(=O)c1ccc(CN=C(NCC)NC2CC3(CCCC3)Oc3ccccc32)cc1. The summed E-state index contributed by atoms with van der Waals surface area (Å²) in [7, 11) is 0. The number of amides is 1. The summed E-state index contributed by atoms with van der Waals surface area (Å²) < 4.78 is 6.50. The summed E-state index contributed by atoms with van der Waals surface area (Å²) in [5, 5.41) is 9.89. The van der Waals surface area contributed by atoms with Crippen molar-refractivity contribution in [3.8, 4) is 5.75 Å². The average molecular weight is 435 g/mol. The molecule has 1 unspecified atom stereocenters. The number of carbonyl (C=O) groups excluding carboxylic acids is 1. The number of hydrogen-bond acceptors (Lipinski definition) is 3. The highest BCUT2D eigenvalue weighted by molar-refractivity contribution is 5.94. The van der Waals surface area contributed by atoms with Gasteiger partial charge < -0.3 is 20.7 Å². The van der Waals surface area contributed by atoms with Gasteiger partial charge in [-0.1, -0.05) is 30.3 Å². The molecule has 2 aromatic carbocycles. The van der Waals surface area contributed by atoms with Crippen LogP contribution >= 0.6 is 0 Å². The van der Waals surface area contributed by atoms with Gasteiger partial charge in [0.15, 0.2) is 5.96 Å². The number of nitrogens with zero attached hydrogens (tertiary/aromatic N) is 1. The van der Waals surface area contributed by atoms with Crippen LogP contribution in [0.25, 0.3) is 0 Å². The Bertz CT molecular complexity index is 949. The monoisotopic (exact) mass is 434 g/mol. The summed E-state index contributed by atoms with van der Waals surface area (Å²) in [6.07, 6.45) is 5.65. The summed E-state index contributed by atoms with van der Waals surface area (Å²) in [5.41, 5.74) is 2.88. The third-order valence-electron chi connectivity index (χ3n) is 6.34. The van der Waals surface area contributed by atoms with Crippen LogP contribution in [0.1, 0.15) is 73.5 Å². The minimum atomic E-state index is -0.0573. The Morgan fingerprint density at radius 2 is 1.75 bits per heavy atom. The molecule has 1 aliphatic heterocycles. The largest absolute Gasteiger partial charge is 0.487 e. The molecule has 1 aliphatic carbocycles. The lowest BCUT2D eigenvalue weighted by molar-refractivity contribution is 0.0396. The molecule has 3 N–H and O–H groups in total. The van der Waals surface area contributed by atoms with E-state index in [2.05, 4.69) is 41.1 Å². The van der Waals surface area contributed by atoms with Crippen LogP contribution in [-0.4, -0.2) is 30.6 Å². The van der Waals surface area contributed by atoms with E-state index in [9.17, 15) is 4.79 Å². The lowest BCUT2D eigenvalue weighted by Crippen LogP contribution is -2.46. The van der Waals surface area contributed by atoms with Crippen molar-refractivity contribution in [3.63, 3.8) is 0 Å². The van der Waals surface area contributed by atoms with E-state index in [-0.39, 0.29) is 17.6 Å². The molecule has 1 amide bonds. The number of hydrogen-bond donors (Lipinski definition) is 3. The van der Waals surface area contributed by atoms with E-state index in [1.54, 1.807) is 0 Å². The van der Waals surface area contributed by atoms with Crippen molar-refractivity contribution in [2.24, 2.45) is 4.99 Å². The van der Waals surface area contributed by atoms with Crippen LogP contribution in [0.4, 0.5) is 0 Å². The molecule has 4 rings (SSSR count). The quantitative estimate of drug-likeness (QED) is 0.467. The van der Waals surface area contributed by atoms with Crippen molar-refractivity contribution in [3.05, 3.63) is 65.2 Å². The maximum atomic E-state index is 12.0. The van der Waals surface area contributed by atoms with E-state index in [4.69, 9.17) is 9.73 Å². The van der Waals surface area contributed by atoms with Crippen molar-refractivity contribution < 1.29 is 9.53 Å². The van der Waals surface area contributed by atoms with Crippen LogP contribution in [0.5, 0.6) is 5.75 Å². The highest BCUT2D eigenvalue weighted by Gasteiger charge is 2.43. The average Bonchev–Trinajstić information content (AvgIpc) is 3.25. The smallest absolute Gasteiger partial charge is 0.251 e. The van der Waals surface area contributed by atoms with Crippen LogP contribution in [0.3, 0.4) is 0 Å². The molecule has 0 bridgehead atoms. The molecule has 6 heteroatoms. The van der Waals surface area contributed by atoms with Gasteiger partial charge in [0.1, 0.15) is 11.4 Å². The molecular weight excluding hydrogens is 400 g/mol. The highest BCUT2D eigenvalue weighted by Crippen LogP contribution is 2.46. The van der Waals surface area contributed by atoms with Crippen molar-refractivity contribution >= 4 is 11.9 Å². The van der Waals surface area contributed by atoms with Gasteiger partial charge in [-0.05, 0) is 63.3 Å². The fourth-order valence-corrected chi connectivity index (χ4v) is 4.75. The van der Waals surface area contributed by atoms with Crippen LogP contribution in [0.2, 0.25) is 0 Å². The lowest BCUT2D eigenvalue weighted by atomic mass is 9.86. The standard InChI is InChI=1S/C26H34N4O2/c1-3-27-24(31)20-13-11-19(12-14-20)18-29-25(28-4-2)30-22-17-26(15-7-8-16-26)32-23-10-6-5-9-21(22)23/h5-6,9-14,22H,3-4,7-8,15-18H2,1-2H3,(H,27,31)(H2,28,29,30). The van der Waals surface area contributed by atoms with Crippen molar-refractivity contribution in [2.75, 3.05) is 13.1 Å². The van der Waals surface area contributed by atoms with Gasteiger partial charge in [-0.25, -0.2) is 4.99 Å². The van der Waals surface area contributed by atoms with Gasteiger partial charge in [0.2, 0.25) is 0 Å². The third-order valence-corrected chi connectivity index (χ3v) is 6.34. The summed E-state index contributed by atoms with van der Waals surface area (Å²) in [6, 6.07) is 16.2. The first-order chi connectivity index (χ1) is 15.6. The van der Waals surface area contributed by atoms with Crippen molar-refractivity contribution in [1.29, 1.82) is 0 Å². The molecule has 1 saturated carbocycles. The van der Waals surface area contributed by atoms with E-state index in [1.165, 1.54) is 18.4 Å². The zero-order valence-electron chi connectivity index (χ0n) is 19.1. The molecule has 0 aromatic heterocycles. The van der Waals surface area contributed by atoms with Crippen LogP contribution in [-0.2, 0) is 6.54 Å². The first kappa shape index (κ1) is 22.2. The Morgan fingerprint density at radius 3 is 2.47 bits per heavy atom. The first-order valence-corrected chi connectivity index (χ1v) is 11.8. The highest BCUT2D eigenvalue weighted by atomic mass is 16.5. The number of nitrogens with one attached hydrogen (secondary N) is 3. The van der Waals surface area contributed by atoms with Crippen LogP contribution in [0, 0.1) is 0 Å². The molecule has 1 atom stereocenters. The Morgan fingerprint density at radius 1 is 1.03 bits per heavy atom. The molecule has 2 aromatic rings. The number of guanidine groups is 1. The van der Waals surface area contributed by atoms with E-state index < -0.39 is 0 Å². The predicted octanol–water partition coefficient (Wildman–Crippen LogP) is 4.33. The van der Waals surface area contributed by atoms with E-state index in [0.29, 0.717) is 18.7 Å². The zero-order valence-corrected chi connectivity index (χ0v) is 19.1. The van der Waals surface area contributed by atoms with Gasteiger partial charge in [0.05, 0.1) is 12.6 Å². The summed E-state index contributed by atoms with van der Waals surface area (Å²) >= 11 is 0. The van der Waals surface area contributed by atoms with Gasteiger partial charge in [0, 0.05) is 30.6 Å². The Labute approximate surface area is 190 Å². The predicted molar refractivity (Wildman–Crippen MR) is 128 cm³/mol. The summed E-state index contributed by atoms with van der Waals surface area (Å²) in [6.45, 7) is 5.95. The second-order valence-corrected chi connectivity index (χ2v) is 8.68. The summed E-state index contributed by atoms with van der Waals surface area (Å²) in [4.78, 5) is 16.8. The number of aliphatic imine (C=N–C) groups is 1. The van der Waals surface area contributed by atoms with Crippen LogP contribution in [0.15, 0.2) is 53.5 Å². The Kier molecular flexibility index (Phi) is 6.98. The molecule has 1 heterocycles. The van der Waals surface area contributed by atoms with E-state index >= 15 is 0 Å².